The van der Waals surface area contributed by atoms with Crippen LogP contribution in [-0.2, 0) is 14.3 Å². The number of nitrogens with zero attached hydrogens (tertiary/aromatic N) is 1. The molecule has 1 unspecified atom stereocenters. The molecule has 16 heavy (non-hydrogen) atoms. The van der Waals surface area contributed by atoms with Gasteiger partial charge in [0.1, 0.15) is 6.61 Å². The Kier molecular flexibility index (Phi) is 4.70. The summed E-state index contributed by atoms with van der Waals surface area (Å²) in [7, 11) is 1.70. The first-order chi connectivity index (χ1) is 7.50. The van der Waals surface area contributed by atoms with Gasteiger partial charge in [0.2, 0.25) is 0 Å². The molecule has 0 saturated carbocycles. The Bertz CT molecular complexity index is 238. The zero-order valence-corrected chi connectivity index (χ0v) is 10.2. The molecule has 1 aliphatic rings. The van der Waals surface area contributed by atoms with Crippen LogP contribution in [0.5, 0.6) is 0 Å². The standard InChI is InChI=1S/C11H21NO4/c1-4-9(5-15-3)12-7-11(2,8-12)16-6-10(13)14/h9H,4-8H2,1-3H3,(H,13,14). The third kappa shape index (κ3) is 3.43. The van der Waals surface area contributed by atoms with E-state index in [1.165, 1.54) is 0 Å². The molecule has 1 rings (SSSR count). The maximum Gasteiger partial charge on any atom is 0.329 e. The van der Waals surface area contributed by atoms with Gasteiger partial charge in [0.25, 0.3) is 0 Å². The number of carbonyl (C=O) groups is 1. The lowest BCUT2D eigenvalue weighted by atomic mass is 9.93. The molecule has 94 valence electrons. The van der Waals surface area contributed by atoms with E-state index < -0.39 is 5.97 Å². The van der Waals surface area contributed by atoms with Gasteiger partial charge in [0.05, 0.1) is 12.2 Å². The largest absolute Gasteiger partial charge is 0.480 e. The van der Waals surface area contributed by atoms with Crippen LogP contribution in [0.4, 0.5) is 0 Å². The van der Waals surface area contributed by atoms with Crippen molar-refractivity contribution >= 4 is 5.97 Å². The van der Waals surface area contributed by atoms with Gasteiger partial charge in [-0.2, -0.15) is 0 Å². The van der Waals surface area contributed by atoms with E-state index in [1.54, 1.807) is 7.11 Å². The molecule has 1 saturated heterocycles. The molecule has 0 aromatic rings. The maximum absolute atomic E-state index is 10.4. The predicted octanol–water partition coefficient (Wildman–Crippen LogP) is 0.587. The molecule has 0 amide bonds. The summed E-state index contributed by atoms with van der Waals surface area (Å²) in [5.41, 5.74) is -0.306. The van der Waals surface area contributed by atoms with Gasteiger partial charge in [0, 0.05) is 26.2 Å². The van der Waals surface area contributed by atoms with E-state index in [4.69, 9.17) is 14.6 Å². The van der Waals surface area contributed by atoms with Crippen LogP contribution in [0, 0.1) is 0 Å². The van der Waals surface area contributed by atoms with Crippen molar-refractivity contribution < 1.29 is 19.4 Å². The lowest BCUT2D eigenvalue weighted by Crippen LogP contribution is -2.65. The summed E-state index contributed by atoms with van der Waals surface area (Å²) in [6, 6.07) is 0.409. The number of hydrogen-bond acceptors (Lipinski definition) is 4. The van der Waals surface area contributed by atoms with Crippen LogP contribution in [0.2, 0.25) is 0 Å². The molecule has 0 aliphatic carbocycles. The van der Waals surface area contributed by atoms with Crippen LogP contribution in [-0.4, -0.2) is 61.0 Å². The number of carboxylic acid groups (broad SMARTS) is 1. The summed E-state index contributed by atoms with van der Waals surface area (Å²) in [4.78, 5) is 12.7. The summed E-state index contributed by atoms with van der Waals surface area (Å²) >= 11 is 0. The van der Waals surface area contributed by atoms with Gasteiger partial charge in [-0.1, -0.05) is 6.92 Å². The van der Waals surface area contributed by atoms with Gasteiger partial charge >= 0.3 is 5.97 Å². The molecule has 0 bridgehead atoms. The topological polar surface area (TPSA) is 59.0 Å². The van der Waals surface area contributed by atoms with Crippen LogP contribution < -0.4 is 0 Å². The lowest BCUT2D eigenvalue weighted by molar-refractivity contribution is -0.172. The Hall–Kier alpha value is -0.650. The minimum atomic E-state index is -0.913. The molecule has 1 fully saturated rings. The molecule has 1 N–H and O–H groups in total. The van der Waals surface area contributed by atoms with E-state index >= 15 is 0 Å². The van der Waals surface area contributed by atoms with Gasteiger partial charge < -0.3 is 14.6 Å². The summed E-state index contributed by atoms with van der Waals surface area (Å²) in [6.07, 6.45) is 1.03. The molecular weight excluding hydrogens is 210 g/mol. The maximum atomic E-state index is 10.4. The summed E-state index contributed by atoms with van der Waals surface area (Å²) in [5.74, 6) is -0.913. The van der Waals surface area contributed by atoms with Gasteiger partial charge in [-0.25, -0.2) is 4.79 Å². The molecule has 1 atom stereocenters. The van der Waals surface area contributed by atoms with Crippen molar-refractivity contribution in [3.05, 3.63) is 0 Å². The van der Waals surface area contributed by atoms with Crippen molar-refractivity contribution in [2.24, 2.45) is 0 Å². The van der Waals surface area contributed by atoms with Crippen molar-refractivity contribution in [3.8, 4) is 0 Å². The smallest absolute Gasteiger partial charge is 0.329 e. The number of carboxylic acids is 1. The minimum Gasteiger partial charge on any atom is -0.480 e. The van der Waals surface area contributed by atoms with Crippen LogP contribution >= 0.6 is 0 Å². The first-order valence-electron chi connectivity index (χ1n) is 5.59. The normalized spacial score (nSPS) is 21.4. The number of likely N-dealkylation sites (tertiary alicyclic amines) is 1. The number of rotatable bonds is 7. The molecule has 0 spiro atoms. The zero-order chi connectivity index (χ0) is 12.2. The fourth-order valence-electron chi connectivity index (χ4n) is 2.07. The number of hydrogen-bond donors (Lipinski definition) is 1. The number of aliphatic carboxylic acids is 1. The quantitative estimate of drug-likeness (QED) is 0.695. The van der Waals surface area contributed by atoms with Crippen LogP contribution in [0.1, 0.15) is 20.3 Å². The molecule has 0 aromatic carbocycles. The summed E-state index contributed by atoms with van der Waals surface area (Å²) in [6.45, 7) is 6.13. The van der Waals surface area contributed by atoms with Crippen molar-refractivity contribution in [2.75, 3.05) is 33.4 Å². The second-order valence-electron chi connectivity index (χ2n) is 4.55. The fraction of sp³-hybridized carbons (Fsp3) is 0.909. The molecule has 5 nitrogen and oxygen atoms in total. The summed E-state index contributed by atoms with van der Waals surface area (Å²) < 4.78 is 10.5. The Morgan fingerprint density at radius 2 is 2.19 bits per heavy atom. The zero-order valence-electron chi connectivity index (χ0n) is 10.2. The average Bonchev–Trinajstić information content (AvgIpc) is 2.19. The highest BCUT2D eigenvalue weighted by Crippen LogP contribution is 2.27. The van der Waals surface area contributed by atoms with E-state index in [-0.39, 0.29) is 12.2 Å². The molecule has 1 heterocycles. The van der Waals surface area contributed by atoms with Gasteiger partial charge in [-0.05, 0) is 13.3 Å². The van der Waals surface area contributed by atoms with Crippen molar-refractivity contribution in [3.63, 3.8) is 0 Å². The van der Waals surface area contributed by atoms with Crippen LogP contribution in [0.15, 0.2) is 0 Å². The van der Waals surface area contributed by atoms with Gasteiger partial charge in [-0.15, -0.1) is 0 Å². The van der Waals surface area contributed by atoms with E-state index in [0.29, 0.717) is 12.6 Å². The number of ether oxygens (including phenoxy) is 2. The minimum absolute atomic E-state index is 0.217. The Morgan fingerprint density at radius 1 is 1.56 bits per heavy atom. The molecule has 1 aliphatic heterocycles. The van der Waals surface area contributed by atoms with Crippen LogP contribution in [0.3, 0.4) is 0 Å². The SMILES string of the molecule is CCC(COC)N1CC(C)(OCC(=O)O)C1. The average molecular weight is 231 g/mol. The first kappa shape index (κ1) is 13.4. The van der Waals surface area contributed by atoms with Gasteiger partial charge in [-0.3, -0.25) is 4.90 Å². The van der Waals surface area contributed by atoms with E-state index in [9.17, 15) is 4.79 Å². The highest BCUT2D eigenvalue weighted by molar-refractivity contribution is 5.68. The van der Waals surface area contributed by atoms with Crippen molar-refractivity contribution in [2.45, 2.75) is 31.9 Å². The Labute approximate surface area is 96.3 Å². The van der Waals surface area contributed by atoms with Crippen molar-refractivity contribution in [1.29, 1.82) is 0 Å². The van der Waals surface area contributed by atoms with E-state index in [1.807, 2.05) is 6.92 Å². The fourth-order valence-corrected chi connectivity index (χ4v) is 2.07. The third-order valence-electron chi connectivity index (χ3n) is 2.97. The Morgan fingerprint density at radius 3 is 2.62 bits per heavy atom. The van der Waals surface area contributed by atoms with Crippen LogP contribution in [0.25, 0.3) is 0 Å². The second kappa shape index (κ2) is 5.61. The number of methoxy groups -OCH3 is 1. The monoisotopic (exact) mass is 231 g/mol. The third-order valence-corrected chi connectivity index (χ3v) is 2.97. The van der Waals surface area contributed by atoms with Gasteiger partial charge in [0.15, 0.2) is 0 Å². The summed E-state index contributed by atoms with van der Waals surface area (Å²) in [5, 5.41) is 8.54. The molecule has 0 aromatic heterocycles. The molecule has 0 radical (unpaired) electrons. The predicted molar refractivity (Wildman–Crippen MR) is 59.5 cm³/mol. The van der Waals surface area contributed by atoms with E-state index in [0.717, 1.165) is 19.5 Å². The Balaban J connectivity index is 2.31. The lowest BCUT2D eigenvalue weighted by Gasteiger charge is -2.50. The van der Waals surface area contributed by atoms with Crippen molar-refractivity contribution in [1.82, 2.24) is 4.90 Å². The van der Waals surface area contributed by atoms with E-state index in [2.05, 4.69) is 11.8 Å². The highest BCUT2D eigenvalue weighted by atomic mass is 16.5. The molecular formula is C11H21NO4. The molecule has 5 heteroatoms. The highest BCUT2D eigenvalue weighted by Gasteiger charge is 2.42. The second-order valence-corrected chi connectivity index (χ2v) is 4.55. The first-order valence-corrected chi connectivity index (χ1v) is 5.59.